The van der Waals surface area contributed by atoms with Gasteiger partial charge in [0.2, 0.25) is 0 Å². The summed E-state index contributed by atoms with van der Waals surface area (Å²) >= 11 is 8.55. The molecule has 1 rings (SSSR count). The molecule has 0 unspecified atom stereocenters. The number of hydrogen-bond donors (Lipinski definition) is 2. The Kier molecular flexibility index (Phi) is 4.53. The number of rotatable bonds is 4. The first-order chi connectivity index (χ1) is 6.31. The smallest absolute Gasteiger partial charge is 0.118 e. The van der Waals surface area contributed by atoms with Crippen LogP contribution in [0.1, 0.15) is 11.5 Å². The molecular formula is C10H14OS2. The van der Waals surface area contributed by atoms with Gasteiger partial charge in [0.25, 0.3) is 0 Å². The summed E-state index contributed by atoms with van der Waals surface area (Å²) in [7, 11) is 1.67. The lowest BCUT2D eigenvalue weighted by Crippen LogP contribution is -2.01. The van der Waals surface area contributed by atoms with E-state index in [0.29, 0.717) is 5.92 Å². The second kappa shape index (κ2) is 5.45. The molecule has 0 amide bonds. The normalized spacial score (nSPS) is 10.5. The van der Waals surface area contributed by atoms with Crippen LogP contribution in [-0.2, 0) is 0 Å². The van der Waals surface area contributed by atoms with Gasteiger partial charge in [0.1, 0.15) is 5.75 Å². The fourth-order valence-electron chi connectivity index (χ4n) is 1.14. The molecule has 0 atom stereocenters. The topological polar surface area (TPSA) is 9.23 Å². The predicted molar refractivity (Wildman–Crippen MR) is 63.4 cm³/mol. The highest BCUT2D eigenvalue weighted by atomic mass is 32.1. The van der Waals surface area contributed by atoms with Crippen molar-refractivity contribution in [3.05, 3.63) is 29.8 Å². The van der Waals surface area contributed by atoms with Gasteiger partial charge in [-0.2, -0.15) is 25.3 Å². The van der Waals surface area contributed by atoms with Gasteiger partial charge in [-0.1, -0.05) is 12.1 Å². The van der Waals surface area contributed by atoms with Gasteiger partial charge in [0.05, 0.1) is 7.11 Å². The van der Waals surface area contributed by atoms with Crippen LogP contribution >= 0.6 is 25.3 Å². The summed E-state index contributed by atoms with van der Waals surface area (Å²) in [6.07, 6.45) is 0. The zero-order valence-corrected chi connectivity index (χ0v) is 9.39. The Morgan fingerprint density at radius 2 is 1.69 bits per heavy atom. The van der Waals surface area contributed by atoms with Gasteiger partial charge in [-0.05, 0) is 29.2 Å². The lowest BCUT2D eigenvalue weighted by molar-refractivity contribution is 0.414. The Hall–Kier alpha value is -0.280. The van der Waals surface area contributed by atoms with Crippen LogP contribution in [0.5, 0.6) is 5.75 Å². The zero-order chi connectivity index (χ0) is 9.68. The van der Waals surface area contributed by atoms with Gasteiger partial charge in [-0.25, -0.2) is 0 Å². The largest absolute Gasteiger partial charge is 0.497 e. The molecule has 0 saturated carbocycles. The molecule has 0 N–H and O–H groups in total. The van der Waals surface area contributed by atoms with E-state index in [-0.39, 0.29) is 0 Å². The van der Waals surface area contributed by atoms with Crippen molar-refractivity contribution in [1.82, 2.24) is 0 Å². The highest BCUT2D eigenvalue weighted by Crippen LogP contribution is 2.21. The summed E-state index contributed by atoms with van der Waals surface area (Å²) in [5, 5.41) is 0. The first kappa shape index (κ1) is 10.8. The molecule has 0 heterocycles. The maximum Gasteiger partial charge on any atom is 0.118 e. The molecule has 0 aromatic heterocycles. The van der Waals surface area contributed by atoms with E-state index in [1.807, 2.05) is 12.1 Å². The van der Waals surface area contributed by atoms with Crippen LogP contribution in [0.25, 0.3) is 0 Å². The first-order valence-electron chi connectivity index (χ1n) is 4.17. The molecule has 0 aliphatic rings. The third-order valence-electron chi connectivity index (χ3n) is 2.03. The van der Waals surface area contributed by atoms with Crippen LogP contribution in [0, 0.1) is 0 Å². The standard InChI is InChI=1S/C10H14OS2/c1-11-10-4-2-8(3-5-10)9(6-12)7-13/h2-5,9,12-13H,6-7H2,1H3. The lowest BCUT2D eigenvalue weighted by Gasteiger charge is -2.11. The van der Waals surface area contributed by atoms with Crippen molar-refractivity contribution in [2.24, 2.45) is 0 Å². The minimum Gasteiger partial charge on any atom is -0.497 e. The van der Waals surface area contributed by atoms with E-state index in [1.54, 1.807) is 7.11 Å². The zero-order valence-electron chi connectivity index (χ0n) is 7.60. The van der Waals surface area contributed by atoms with Crippen molar-refractivity contribution in [3.8, 4) is 5.75 Å². The molecular weight excluding hydrogens is 200 g/mol. The molecule has 1 aromatic carbocycles. The van der Waals surface area contributed by atoms with Gasteiger partial charge in [-0.15, -0.1) is 0 Å². The lowest BCUT2D eigenvalue weighted by atomic mass is 10.0. The Morgan fingerprint density at radius 3 is 2.08 bits per heavy atom. The van der Waals surface area contributed by atoms with Gasteiger partial charge in [-0.3, -0.25) is 0 Å². The van der Waals surface area contributed by atoms with Crippen LogP contribution in [0.2, 0.25) is 0 Å². The Labute approximate surface area is 90.3 Å². The fourth-order valence-corrected chi connectivity index (χ4v) is 2.03. The summed E-state index contributed by atoms with van der Waals surface area (Å²) in [5.41, 5.74) is 1.27. The van der Waals surface area contributed by atoms with E-state index in [9.17, 15) is 0 Å². The molecule has 0 fully saturated rings. The average molecular weight is 214 g/mol. The predicted octanol–water partition coefficient (Wildman–Crippen LogP) is 2.64. The van der Waals surface area contributed by atoms with Crippen molar-refractivity contribution in [2.75, 3.05) is 18.6 Å². The fraction of sp³-hybridized carbons (Fsp3) is 0.400. The molecule has 1 nitrogen and oxygen atoms in total. The highest BCUT2D eigenvalue weighted by molar-refractivity contribution is 7.81. The molecule has 0 radical (unpaired) electrons. The van der Waals surface area contributed by atoms with E-state index in [2.05, 4.69) is 37.4 Å². The SMILES string of the molecule is COc1ccc(C(CS)CS)cc1. The molecule has 1 aromatic rings. The summed E-state index contributed by atoms with van der Waals surface area (Å²) in [4.78, 5) is 0. The number of benzene rings is 1. The van der Waals surface area contributed by atoms with Crippen molar-refractivity contribution >= 4 is 25.3 Å². The van der Waals surface area contributed by atoms with E-state index < -0.39 is 0 Å². The average Bonchev–Trinajstić information content (AvgIpc) is 2.21. The summed E-state index contributed by atoms with van der Waals surface area (Å²) in [6, 6.07) is 8.07. The van der Waals surface area contributed by atoms with Crippen LogP contribution in [-0.4, -0.2) is 18.6 Å². The second-order valence-electron chi connectivity index (χ2n) is 2.84. The minimum atomic E-state index is 0.428. The summed E-state index contributed by atoms with van der Waals surface area (Å²) < 4.78 is 5.08. The maximum atomic E-state index is 5.08. The molecule has 0 aliphatic heterocycles. The van der Waals surface area contributed by atoms with Crippen molar-refractivity contribution in [1.29, 1.82) is 0 Å². The van der Waals surface area contributed by atoms with Crippen LogP contribution in [0.4, 0.5) is 0 Å². The van der Waals surface area contributed by atoms with Crippen LogP contribution in [0.15, 0.2) is 24.3 Å². The monoisotopic (exact) mass is 214 g/mol. The number of thiol groups is 2. The third-order valence-corrected chi connectivity index (χ3v) is 2.91. The minimum absolute atomic E-state index is 0.428. The van der Waals surface area contributed by atoms with E-state index >= 15 is 0 Å². The number of ether oxygens (including phenoxy) is 1. The third kappa shape index (κ3) is 2.85. The molecule has 3 heteroatoms. The molecule has 0 saturated heterocycles. The highest BCUT2D eigenvalue weighted by Gasteiger charge is 2.06. The molecule has 13 heavy (non-hydrogen) atoms. The number of hydrogen-bond acceptors (Lipinski definition) is 3. The molecule has 0 bridgehead atoms. The Bertz CT molecular complexity index is 242. The summed E-state index contributed by atoms with van der Waals surface area (Å²) in [5.74, 6) is 2.98. The van der Waals surface area contributed by atoms with Crippen molar-refractivity contribution in [3.63, 3.8) is 0 Å². The molecule has 0 aliphatic carbocycles. The molecule has 0 spiro atoms. The van der Waals surface area contributed by atoms with Gasteiger partial charge in [0.15, 0.2) is 0 Å². The molecule has 72 valence electrons. The van der Waals surface area contributed by atoms with Crippen molar-refractivity contribution in [2.45, 2.75) is 5.92 Å². The van der Waals surface area contributed by atoms with Gasteiger partial charge >= 0.3 is 0 Å². The number of methoxy groups -OCH3 is 1. The Balaban J connectivity index is 2.78. The first-order valence-corrected chi connectivity index (χ1v) is 5.44. The maximum absolute atomic E-state index is 5.08. The Morgan fingerprint density at radius 1 is 1.15 bits per heavy atom. The van der Waals surface area contributed by atoms with Gasteiger partial charge in [0, 0.05) is 5.92 Å². The van der Waals surface area contributed by atoms with Crippen molar-refractivity contribution < 1.29 is 4.74 Å². The van der Waals surface area contributed by atoms with E-state index in [1.165, 1.54) is 5.56 Å². The van der Waals surface area contributed by atoms with Crippen LogP contribution in [0.3, 0.4) is 0 Å². The second-order valence-corrected chi connectivity index (χ2v) is 3.57. The van der Waals surface area contributed by atoms with Gasteiger partial charge < -0.3 is 4.74 Å². The quantitative estimate of drug-likeness (QED) is 0.733. The van der Waals surface area contributed by atoms with E-state index in [0.717, 1.165) is 17.3 Å². The summed E-state index contributed by atoms with van der Waals surface area (Å²) in [6.45, 7) is 0. The van der Waals surface area contributed by atoms with Crippen LogP contribution < -0.4 is 4.74 Å². The van der Waals surface area contributed by atoms with E-state index in [4.69, 9.17) is 4.74 Å².